The lowest BCUT2D eigenvalue weighted by Gasteiger charge is -2.37. The quantitative estimate of drug-likeness (QED) is 0.874. The summed E-state index contributed by atoms with van der Waals surface area (Å²) >= 11 is 0. The normalized spacial score (nSPS) is 20.9. The van der Waals surface area contributed by atoms with Gasteiger partial charge in [0.2, 0.25) is 0 Å². The second-order valence-corrected chi connectivity index (χ2v) is 5.92. The number of carbonyl (C=O) groups excluding carboxylic acids is 1. The molecule has 1 heterocycles. The predicted molar refractivity (Wildman–Crippen MR) is 87.7 cm³/mol. The molecule has 1 aromatic rings. The van der Waals surface area contributed by atoms with Crippen molar-refractivity contribution >= 4 is 17.7 Å². The number of hydrogen-bond donors (Lipinski definition) is 2. The monoisotopic (exact) mass is 320 g/mol. The first-order valence-corrected chi connectivity index (χ1v) is 7.95. The van der Waals surface area contributed by atoms with E-state index in [0.717, 1.165) is 12.8 Å². The second kappa shape index (κ2) is 7.85. The number of carboxylic acids is 1. The van der Waals surface area contributed by atoms with Gasteiger partial charge in [-0.2, -0.15) is 0 Å². The van der Waals surface area contributed by atoms with Crippen molar-refractivity contribution in [2.45, 2.75) is 26.2 Å². The van der Waals surface area contributed by atoms with Crippen LogP contribution in [-0.4, -0.2) is 42.2 Å². The third-order valence-corrected chi connectivity index (χ3v) is 4.46. The lowest BCUT2D eigenvalue weighted by Crippen LogP contribution is -2.45. The molecule has 2 rings (SSSR count). The summed E-state index contributed by atoms with van der Waals surface area (Å²) < 4.78 is 5.15. The maximum absolute atomic E-state index is 12.4. The van der Waals surface area contributed by atoms with Gasteiger partial charge in [-0.15, -0.1) is 0 Å². The number of nitrogens with one attached hydrogen (secondary N) is 1. The average molecular weight is 320 g/mol. The van der Waals surface area contributed by atoms with Gasteiger partial charge < -0.3 is 20.1 Å². The predicted octanol–water partition coefficient (Wildman–Crippen LogP) is 3.05. The fourth-order valence-electron chi connectivity index (χ4n) is 3.12. The number of rotatable bonds is 5. The number of aliphatic carboxylic acids is 1. The van der Waals surface area contributed by atoms with Gasteiger partial charge in [-0.3, -0.25) is 4.79 Å². The lowest BCUT2D eigenvalue weighted by molar-refractivity contribution is -0.139. The van der Waals surface area contributed by atoms with Crippen LogP contribution in [0.5, 0.6) is 5.75 Å². The summed E-state index contributed by atoms with van der Waals surface area (Å²) in [6.45, 7) is 3.23. The molecule has 6 heteroatoms. The van der Waals surface area contributed by atoms with Crippen molar-refractivity contribution < 1.29 is 19.4 Å². The molecule has 1 aromatic carbocycles. The fourth-order valence-corrected chi connectivity index (χ4v) is 3.12. The second-order valence-electron chi connectivity index (χ2n) is 5.92. The number of carboxylic acid groups (broad SMARTS) is 1. The van der Waals surface area contributed by atoms with Gasteiger partial charge >= 0.3 is 12.0 Å². The zero-order valence-electron chi connectivity index (χ0n) is 13.6. The molecule has 23 heavy (non-hydrogen) atoms. The minimum atomic E-state index is -0.761. The minimum Gasteiger partial charge on any atom is -0.497 e. The number of nitrogens with zero attached hydrogens (tertiary/aromatic N) is 1. The number of urea groups is 1. The van der Waals surface area contributed by atoms with E-state index < -0.39 is 5.97 Å². The number of carbonyl (C=O) groups is 2. The molecular formula is C17H24N2O4. The number of ether oxygens (including phenoxy) is 1. The molecule has 0 spiro atoms. The summed E-state index contributed by atoms with van der Waals surface area (Å²) in [7, 11) is 1.58. The summed E-state index contributed by atoms with van der Waals surface area (Å²) in [6.07, 6.45) is 1.79. The molecule has 0 radical (unpaired) electrons. The molecule has 0 bridgehead atoms. The van der Waals surface area contributed by atoms with Gasteiger partial charge in [-0.25, -0.2) is 4.79 Å². The van der Waals surface area contributed by atoms with Crippen molar-refractivity contribution in [1.82, 2.24) is 4.90 Å². The number of piperidine rings is 1. The molecule has 1 saturated heterocycles. The molecule has 0 aromatic heterocycles. The van der Waals surface area contributed by atoms with Crippen LogP contribution in [0.4, 0.5) is 10.5 Å². The molecule has 0 aliphatic carbocycles. The molecule has 0 unspecified atom stereocenters. The van der Waals surface area contributed by atoms with Gasteiger partial charge in [0, 0.05) is 31.3 Å². The van der Waals surface area contributed by atoms with Gasteiger partial charge in [-0.05, 0) is 30.4 Å². The van der Waals surface area contributed by atoms with E-state index in [9.17, 15) is 9.59 Å². The summed E-state index contributed by atoms with van der Waals surface area (Å²) in [5.74, 6) is 0.311. The molecule has 1 aliphatic rings. The van der Waals surface area contributed by atoms with E-state index >= 15 is 0 Å². The standard InChI is InChI=1S/C17H24N2O4/c1-3-12-11-19(8-7-13(12)9-16(20)21)17(22)18-14-5-4-6-15(10-14)23-2/h4-6,10,12-13H,3,7-9,11H2,1-2H3,(H,18,22)(H,20,21)/t12-,13-/m0/s1. The molecule has 0 saturated carbocycles. The van der Waals surface area contributed by atoms with Crippen LogP contribution in [0.2, 0.25) is 0 Å². The Bertz CT molecular complexity index is 561. The summed E-state index contributed by atoms with van der Waals surface area (Å²) in [6, 6.07) is 7.08. The first-order valence-electron chi connectivity index (χ1n) is 7.95. The van der Waals surface area contributed by atoms with Crippen LogP contribution in [-0.2, 0) is 4.79 Å². The van der Waals surface area contributed by atoms with E-state index in [1.807, 2.05) is 25.1 Å². The zero-order chi connectivity index (χ0) is 16.8. The Hall–Kier alpha value is -2.24. The van der Waals surface area contributed by atoms with Crippen molar-refractivity contribution in [2.24, 2.45) is 11.8 Å². The summed E-state index contributed by atoms with van der Waals surface area (Å²) in [5.41, 5.74) is 0.690. The molecular weight excluding hydrogens is 296 g/mol. The maximum Gasteiger partial charge on any atom is 0.321 e. The highest BCUT2D eigenvalue weighted by Gasteiger charge is 2.31. The highest BCUT2D eigenvalue weighted by molar-refractivity contribution is 5.89. The van der Waals surface area contributed by atoms with Crippen molar-refractivity contribution in [3.63, 3.8) is 0 Å². The Morgan fingerprint density at radius 1 is 1.39 bits per heavy atom. The number of anilines is 1. The number of amides is 2. The van der Waals surface area contributed by atoms with Crippen molar-refractivity contribution in [3.8, 4) is 5.75 Å². The Labute approximate surface area is 136 Å². The van der Waals surface area contributed by atoms with Crippen molar-refractivity contribution in [2.75, 3.05) is 25.5 Å². The molecule has 2 amide bonds. The van der Waals surface area contributed by atoms with Crippen LogP contribution in [0.25, 0.3) is 0 Å². The SMILES string of the molecule is CC[C@H]1CN(C(=O)Nc2cccc(OC)c2)CC[C@H]1CC(=O)O. The van der Waals surface area contributed by atoms with E-state index in [0.29, 0.717) is 24.5 Å². The van der Waals surface area contributed by atoms with Crippen LogP contribution in [0.15, 0.2) is 24.3 Å². The van der Waals surface area contributed by atoms with Crippen LogP contribution < -0.4 is 10.1 Å². The lowest BCUT2D eigenvalue weighted by atomic mass is 9.82. The van der Waals surface area contributed by atoms with Gasteiger partial charge in [-0.1, -0.05) is 19.4 Å². The first kappa shape index (κ1) is 17.1. The largest absolute Gasteiger partial charge is 0.497 e. The summed E-state index contributed by atoms with van der Waals surface area (Å²) in [4.78, 5) is 25.1. The minimum absolute atomic E-state index is 0.148. The molecule has 2 N–H and O–H groups in total. The Balaban J connectivity index is 1.96. The third kappa shape index (κ3) is 4.61. The molecule has 1 fully saturated rings. The molecule has 126 valence electrons. The molecule has 1 aliphatic heterocycles. The van der Waals surface area contributed by atoms with E-state index in [2.05, 4.69) is 5.32 Å². The van der Waals surface area contributed by atoms with Gasteiger partial charge in [0.25, 0.3) is 0 Å². The Morgan fingerprint density at radius 2 is 2.17 bits per heavy atom. The van der Waals surface area contributed by atoms with Crippen LogP contribution in [0.1, 0.15) is 26.2 Å². The number of methoxy groups -OCH3 is 1. The van der Waals surface area contributed by atoms with Crippen LogP contribution >= 0.6 is 0 Å². The number of hydrogen-bond acceptors (Lipinski definition) is 3. The molecule has 2 atom stereocenters. The average Bonchev–Trinajstić information content (AvgIpc) is 2.54. The highest BCUT2D eigenvalue weighted by Crippen LogP contribution is 2.29. The van der Waals surface area contributed by atoms with Crippen LogP contribution in [0.3, 0.4) is 0 Å². The molecule has 6 nitrogen and oxygen atoms in total. The first-order chi connectivity index (χ1) is 11.0. The van der Waals surface area contributed by atoms with Gasteiger partial charge in [0.1, 0.15) is 5.75 Å². The summed E-state index contributed by atoms with van der Waals surface area (Å²) in [5, 5.41) is 11.9. The number of likely N-dealkylation sites (tertiary alicyclic amines) is 1. The Morgan fingerprint density at radius 3 is 2.83 bits per heavy atom. The van der Waals surface area contributed by atoms with E-state index in [1.54, 1.807) is 18.1 Å². The van der Waals surface area contributed by atoms with E-state index in [1.165, 1.54) is 0 Å². The van der Waals surface area contributed by atoms with E-state index in [-0.39, 0.29) is 24.3 Å². The van der Waals surface area contributed by atoms with Crippen LogP contribution in [0, 0.1) is 11.8 Å². The van der Waals surface area contributed by atoms with Gasteiger partial charge in [0.05, 0.1) is 7.11 Å². The maximum atomic E-state index is 12.4. The van der Waals surface area contributed by atoms with Crippen molar-refractivity contribution in [3.05, 3.63) is 24.3 Å². The smallest absolute Gasteiger partial charge is 0.321 e. The van der Waals surface area contributed by atoms with E-state index in [4.69, 9.17) is 9.84 Å². The third-order valence-electron chi connectivity index (χ3n) is 4.46. The van der Waals surface area contributed by atoms with Crippen molar-refractivity contribution in [1.29, 1.82) is 0 Å². The topological polar surface area (TPSA) is 78.9 Å². The highest BCUT2D eigenvalue weighted by atomic mass is 16.5. The Kier molecular flexibility index (Phi) is 5.84. The zero-order valence-corrected chi connectivity index (χ0v) is 13.6. The fraction of sp³-hybridized carbons (Fsp3) is 0.529. The van der Waals surface area contributed by atoms with Gasteiger partial charge in [0.15, 0.2) is 0 Å². The number of benzene rings is 1.